The average Bonchev–Trinajstić information content (AvgIpc) is 3.36. The number of hydrogen-bond donors (Lipinski definition) is 1. The topological polar surface area (TPSA) is 48.6 Å². The Kier molecular flexibility index (Phi) is 11.7. The Morgan fingerprint density at radius 2 is 0.730 bits per heavy atom. The number of benzene rings is 9. The summed E-state index contributed by atoms with van der Waals surface area (Å²) in [7, 11) is 0. The van der Waals surface area contributed by atoms with Crippen molar-refractivity contribution in [1.29, 1.82) is 5.41 Å². The minimum absolute atomic E-state index is 0.125. The van der Waals surface area contributed by atoms with Gasteiger partial charge in [0.1, 0.15) is 0 Å². The molecule has 0 aliphatic carbocycles. The lowest BCUT2D eigenvalue weighted by atomic mass is 9.65. The lowest BCUT2D eigenvalue weighted by Crippen LogP contribution is -2.31. The molecule has 0 saturated heterocycles. The highest BCUT2D eigenvalue weighted by molar-refractivity contribution is 6.13. The summed E-state index contributed by atoms with van der Waals surface area (Å²) in [5.74, 6) is 0.593. The number of rotatable bonds is 11. The summed E-state index contributed by atoms with van der Waals surface area (Å²) in [6, 6.07) is 89.1. The standard InChI is InChI=1S/C60H47N3/c1-45-24-20-21-41-56(45)58(62-44-46-25-22-39-54(42-46)59(48-27-8-2-9-28-48,49-29-10-3-11-30-49)50-31-12-4-13-32-50)63-57(61)47-26-23-40-55(43-47)60(51-33-14-5-15-34-51,52-35-16-6-17-36-52)53-37-18-7-19-38-53/h2-44,61H,1H3. The number of nitrogens with zero attached hydrogens (tertiary/aromatic N) is 2. The number of nitrogens with one attached hydrogen (secondary N) is 1. The molecule has 0 fully saturated rings. The first kappa shape index (κ1) is 40.4. The SMILES string of the molecule is Cc1ccccc1C(N=Cc1cccc(C(c2ccccc2)(c2ccccc2)c2ccccc2)c1)=NC(=N)c1cccc(C(c2ccccc2)(c2ccccc2)c2ccccc2)c1. The summed E-state index contributed by atoms with van der Waals surface area (Å²) in [5.41, 5.74) is 11.3. The fraction of sp³-hybridized carbons (Fsp3) is 0.0500. The van der Waals surface area contributed by atoms with E-state index in [0.717, 1.165) is 44.5 Å². The highest BCUT2D eigenvalue weighted by Gasteiger charge is 2.39. The molecule has 302 valence electrons. The van der Waals surface area contributed by atoms with Gasteiger partial charge in [-0.3, -0.25) is 5.41 Å². The predicted octanol–water partition coefficient (Wildman–Crippen LogP) is 13.7. The molecule has 0 aliphatic rings. The molecule has 9 aromatic rings. The van der Waals surface area contributed by atoms with Gasteiger partial charge in [-0.2, -0.15) is 0 Å². The van der Waals surface area contributed by atoms with Crippen molar-refractivity contribution in [3.63, 3.8) is 0 Å². The van der Waals surface area contributed by atoms with E-state index < -0.39 is 10.8 Å². The number of aryl methyl sites for hydroxylation is 1. The van der Waals surface area contributed by atoms with Gasteiger partial charge in [0, 0.05) is 17.3 Å². The van der Waals surface area contributed by atoms with Gasteiger partial charge in [0.2, 0.25) is 0 Å². The van der Waals surface area contributed by atoms with Crippen LogP contribution in [-0.4, -0.2) is 17.9 Å². The third-order valence-corrected chi connectivity index (χ3v) is 12.1. The Morgan fingerprint density at radius 3 is 1.14 bits per heavy atom. The molecule has 1 N–H and O–H groups in total. The minimum atomic E-state index is -0.653. The molecule has 0 unspecified atom stereocenters. The van der Waals surface area contributed by atoms with Crippen LogP contribution in [0.1, 0.15) is 66.8 Å². The van der Waals surface area contributed by atoms with Gasteiger partial charge >= 0.3 is 0 Å². The van der Waals surface area contributed by atoms with E-state index in [2.05, 4.69) is 231 Å². The number of hydrogen-bond acceptors (Lipinski definition) is 1. The van der Waals surface area contributed by atoms with Gasteiger partial charge in [-0.25, -0.2) is 9.98 Å². The molecule has 0 aliphatic heterocycles. The largest absolute Gasteiger partial charge is 0.282 e. The molecule has 0 saturated carbocycles. The van der Waals surface area contributed by atoms with Gasteiger partial charge in [0.25, 0.3) is 0 Å². The molecule has 3 heteroatoms. The smallest absolute Gasteiger partial charge is 0.161 e. The van der Waals surface area contributed by atoms with E-state index in [0.29, 0.717) is 11.4 Å². The molecule has 0 aromatic heterocycles. The molecule has 0 spiro atoms. The van der Waals surface area contributed by atoms with Crippen molar-refractivity contribution in [2.45, 2.75) is 17.8 Å². The molecule has 0 atom stereocenters. The minimum Gasteiger partial charge on any atom is -0.282 e. The van der Waals surface area contributed by atoms with Gasteiger partial charge in [0.05, 0.1) is 10.8 Å². The van der Waals surface area contributed by atoms with Gasteiger partial charge in [-0.05, 0) is 74.7 Å². The molecular weight excluding hydrogens is 763 g/mol. The monoisotopic (exact) mass is 809 g/mol. The van der Waals surface area contributed by atoms with E-state index in [1.54, 1.807) is 0 Å². The Morgan fingerprint density at radius 1 is 0.381 bits per heavy atom. The Balaban J connectivity index is 1.16. The van der Waals surface area contributed by atoms with E-state index in [9.17, 15) is 5.41 Å². The molecular formula is C60H47N3. The number of aliphatic imine (C=N–C) groups is 2. The van der Waals surface area contributed by atoms with Crippen molar-refractivity contribution in [1.82, 2.24) is 0 Å². The maximum atomic E-state index is 9.62. The van der Waals surface area contributed by atoms with Crippen LogP contribution in [0.5, 0.6) is 0 Å². The lowest BCUT2D eigenvalue weighted by Gasteiger charge is -2.37. The van der Waals surface area contributed by atoms with E-state index in [-0.39, 0.29) is 5.84 Å². The normalized spacial score (nSPS) is 12.0. The molecule has 9 rings (SSSR count). The summed E-state index contributed by atoms with van der Waals surface area (Å²) >= 11 is 0. The fourth-order valence-electron chi connectivity index (χ4n) is 9.17. The van der Waals surface area contributed by atoms with Crippen molar-refractivity contribution in [3.05, 3.63) is 322 Å². The maximum Gasteiger partial charge on any atom is 0.161 e. The molecule has 0 radical (unpaired) electrons. The Labute approximate surface area is 371 Å². The van der Waals surface area contributed by atoms with Crippen molar-refractivity contribution >= 4 is 17.9 Å². The first-order chi connectivity index (χ1) is 31.1. The van der Waals surface area contributed by atoms with E-state index >= 15 is 0 Å². The second-order valence-electron chi connectivity index (χ2n) is 15.8. The summed E-state index contributed by atoms with van der Waals surface area (Å²) in [6.45, 7) is 2.06. The zero-order chi connectivity index (χ0) is 42.9. The maximum absolute atomic E-state index is 9.62. The van der Waals surface area contributed by atoms with Crippen molar-refractivity contribution in [3.8, 4) is 0 Å². The second-order valence-corrected chi connectivity index (χ2v) is 15.8. The van der Waals surface area contributed by atoms with Crippen molar-refractivity contribution in [2.24, 2.45) is 9.98 Å². The molecule has 0 bridgehead atoms. The predicted molar refractivity (Wildman–Crippen MR) is 262 cm³/mol. The van der Waals surface area contributed by atoms with Crippen LogP contribution in [0.25, 0.3) is 0 Å². The van der Waals surface area contributed by atoms with E-state index in [1.807, 2.05) is 36.5 Å². The van der Waals surface area contributed by atoms with Crippen LogP contribution in [0, 0.1) is 12.3 Å². The van der Waals surface area contributed by atoms with Crippen LogP contribution in [0.2, 0.25) is 0 Å². The quantitative estimate of drug-likeness (QED) is 0.0769. The van der Waals surface area contributed by atoms with Crippen LogP contribution in [0.15, 0.2) is 265 Å². The first-order valence-corrected chi connectivity index (χ1v) is 21.4. The molecule has 9 aromatic carbocycles. The highest BCUT2D eigenvalue weighted by atomic mass is 14.9. The lowest BCUT2D eigenvalue weighted by molar-refractivity contribution is 0.745. The van der Waals surface area contributed by atoms with Crippen LogP contribution in [0.4, 0.5) is 0 Å². The molecule has 63 heavy (non-hydrogen) atoms. The summed E-state index contributed by atoms with van der Waals surface area (Å²) in [6.07, 6.45) is 1.88. The van der Waals surface area contributed by atoms with Gasteiger partial charge < -0.3 is 0 Å². The number of amidine groups is 2. The van der Waals surface area contributed by atoms with Crippen LogP contribution in [-0.2, 0) is 10.8 Å². The Hall–Kier alpha value is -8.01. The summed E-state index contributed by atoms with van der Waals surface area (Å²) in [5, 5.41) is 9.62. The third-order valence-electron chi connectivity index (χ3n) is 12.1. The summed E-state index contributed by atoms with van der Waals surface area (Å²) in [4.78, 5) is 10.2. The fourth-order valence-corrected chi connectivity index (χ4v) is 9.17. The van der Waals surface area contributed by atoms with Crippen LogP contribution in [0.3, 0.4) is 0 Å². The van der Waals surface area contributed by atoms with E-state index in [4.69, 9.17) is 9.98 Å². The van der Waals surface area contributed by atoms with Gasteiger partial charge in [0.15, 0.2) is 11.7 Å². The van der Waals surface area contributed by atoms with Gasteiger partial charge in [-0.15, -0.1) is 0 Å². The third kappa shape index (κ3) is 7.89. The molecule has 0 heterocycles. The Bertz CT molecular complexity index is 2800. The average molecular weight is 810 g/mol. The first-order valence-electron chi connectivity index (χ1n) is 21.4. The van der Waals surface area contributed by atoms with E-state index in [1.165, 1.54) is 16.7 Å². The van der Waals surface area contributed by atoms with Crippen LogP contribution < -0.4 is 0 Å². The highest BCUT2D eigenvalue weighted by Crippen LogP contribution is 2.46. The zero-order valence-electron chi connectivity index (χ0n) is 35.2. The van der Waals surface area contributed by atoms with Crippen LogP contribution >= 0.6 is 0 Å². The summed E-state index contributed by atoms with van der Waals surface area (Å²) < 4.78 is 0. The molecule has 3 nitrogen and oxygen atoms in total. The second kappa shape index (κ2) is 18.3. The molecule has 0 amide bonds. The zero-order valence-corrected chi connectivity index (χ0v) is 35.2. The van der Waals surface area contributed by atoms with Crippen molar-refractivity contribution < 1.29 is 0 Å². The van der Waals surface area contributed by atoms with Crippen molar-refractivity contribution in [2.75, 3.05) is 0 Å². The van der Waals surface area contributed by atoms with Gasteiger partial charge in [-0.1, -0.05) is 243 Å².